The minimum atomic E-state index is -0.178. The monoisotopic (exact) mass is 401 g/mol. The van der Waals surface area contributed by atoms with Gasteiger partial charge in [-0.2, -0.15) is 0 Å². The first kappa shape index (κ1) is 20.5. The summed E-state index contributed by atoms with van der Waals surface area (Å²) < 4.78 is 5.60. The highest BCUT2D eigenvalue weighted by atomic mass is 35.5. The van der Waals surface area contributed by atoms with Gasteiger partial charge >= 0.3 is 0 Å². The second-order valence-electron chi connectivity index (χ2n) is 6.92. The van der Waals surface area contributed by atoms with Gasteiger partial charge in [0.2, 0.25) is 0 Å². The average molecular weight is 402 g/mol. The summed E-state index contributed by atoms with van der Waals surface area (Å²) >= 11 is 6.52. The third-order valence-electron chi connectivity index (χ3n) is 4.93. The van der Waals surface area contributed by atoms with Gasteiger partial charge in [0.15, 0.2) is 0 Å². The molecule has 1 aliphatic heterocycles. The molecule has 0 aromatic heterocycles. The summed E-state index contributed by atoms with van der Waals surface area (Å²) in [5.74, 6) is 0.524. The van der Waals surface area contributed by atoms with Crippen molar-refractivity contribution in [2.24, 2.45) is 0 Å². The summed E-state index contributed by atoms with van der Waals surface area (Å²) in [5, 5.41) is 3.58. The zero-order valence-corrected chi connectivity index (χ0v) is 17.3. The molecule has 0 spiro atoms. The molecule has 0 aliphatic carbocycles. The van der Waals surface area contributed by atoms with E-state index in [-0.39, 0.29) is 5.91 Å². The van der Waals surface area contributed by atoms with Crippen LogP contribution in [0.25, 0.3) is 0 Å². The molecule has 0 radical (unpaired) electrons. The van der Waals surface area contributed by atoms with Gasteiger partial charge in [0.1, 0.15) is 5.75 Å². The lowest BCUT2D eigenvalue weighted by Gasteiger charge is -2.36. The van der Waals surface area contributed by atoms with Gasteiger partial charge in [0.05, 0.1) is 17.3 Å². The molecule has 0 unspecified atom stereocenters. The number of nitrogens with one attached hydrogen (secondary N) is 1. The molecule has 0 bridgehead atoms. The van der Waals surface area contributed by atoms with E-state index in [0.717, 1.165) is 44.8 Å². The van der Waals surface area contributed by atoms with E-state index in [9.17, 15) is 4.79 Å². The highest BCUT2D eigenvalue weighted by molar-refractivity contribution is 6.33. The molecule has 1 N–H and O–H groups in total. The van der Waals surface area contributed by atoms with E-state index in [1.54, 1.807) is 12.1 Å². The molecular formula is C22H28ClN3O2. The highest BCUT2D eigenvalue weighted by Gasteiger charge is 2.18. The zero-order valence-electron chi connectivity index (χ0n) is 16.6. The van der Waals surface area contributed by atoms with Gasteiger partial charge in [-0.05, 0) is 49.4 Å². The van der Waals surface area contributed by atoms with E-state index in [1.807, 2.05) is 37.3 Å². The number of carbonyl (C=O) groups is 1. The largest absolute Gasteiger partial charge is 0.494 e. The number of halogens is 1. The summed E-state index contributed by atoms with van der Waals surface area (Å²) in [6.45, 7) is 9.96. The number of nitrogens with zero attached hydrogens (tertiary/aromatic N) is 2. The molecular weight excluding hydrogens is 374 g/mol. The first-order chi connectivity index (χ1) is 13.6. The third-order valence-corrected chi connectivity index (χ3v) is 5.24. The van der Waals surface area contributed by atoms with Crippen LogP contribution in [0, 0.1) is 0 Å². The van der Waals surface area contributed by atoms with E-state index >= 15 is 0 Å². The van der Waals surface area contributed by atoms with E-state index in [4.69, 9.17) is 16.3 Å². The van der Waals surface area contributed by atoms with E-state index < -0.39 is 0 Å². The summed E-state index contributed by atoms with van der Waals surface area (Å²) in [5.41, 5.74) is 2.26. The van der Waals surface area contributed by atoms with Crippen LogP contribution in [0.5, 0.6) is 5.75 Å². The van der Waals surface area contributed by atoms with Crippen LogP contribution in [0.2, 0.25) is 5.02 Å². The van der Waals surface area contributed by atoms with Gasteiger partial charge in [-0.15, -0.1) is 0 Å². The fourth-order valence-electron chi connectivity index (χ4n) is 3.30. The van der Waals surface area contributed by atoms with Crippen LogP contribution in [0.1, 0.15) is 30.6 Å². The van der Waals surface area contributed by atoms with Crippen LogP contribution in [0.3, 0.4) is 0 Å². The minimum absolute atomic E-state index is 0.178. The first-order valence-corrected chi connectivity index (χ1v) is 10.3. The molecule has 1 aliphatic rings. The van der Waals surface area contributed by atoms with Gasteiger partial charge in [0.25, 0.3) is 5.91 Å². The lowest BCUT2D eigenvalue weighted by Crippen LogP contribution is -2.46. The average Bonchev–Trinajstić information content (AvgIpc) is 2.73. The Kier molecular flexibility index (Phi) is 7.18. The number of amides is 1. The van der Waals surface area contributed by atoms with Crippen molar-refractivity contribution in [1.29, 1.82) is 0 Å². The van der Waals surface area contributed by atoms with Crippen molar-refractivity contribution in [3.05, 3.63) is 53.1 Å². The van der Waals surface area contributed by atoms with Crippen LogP contribution in [0.4, 0.5) is 11.4 Å². The Morgan fingerprint density at radius 3 is 2.57 bits per heavy atom. The van der Waals surface area contributed by atoms with Gasteiger partial charge < -0.3 is 19.9 Å². The molecule has 28 heavy (non-hydrogen) atoms. The number of benzene rings is 2. The van der Waals surface area contributed by atoms with Crippen molar-refractivity contribution in [2.45, 2.75) is 20.3 Å². The predicted octanol–water partition coefficient (Wildman–Crippen LogP) is 4.52. The number of carbonyl (C=O) groups excluding carboxylic acids is 1. The normalized spacial score (nSPS) is 14.8. The maximum absolute atomic E-state index is 12.6. The van der Waals surface area contributed by atoms with Crippen LogP contribution < -0.4 is 15.0 Å². The molecule has 0 atom stereocenters. The molecule has 1 fully saturated rings. The molecule has 150 valence electrons. The van der Waals surface area contributed by atoms with Gasteiger partial charge in [-0.1, -0.05) is 31.5 Å². The molecule has 0 saturated carbocycles. The lowest BCUT2D eigenvalue weighted by molar-refractivity contribution is 0.102. The summed E-state index contributed by atoms with van der Waals surface area (Å²) in [6.07, 6.45) is 0.925. The number of ether oxygens (including phenoxy) is 1. The number of likely N-dealkylation sites (N-methyl/N-ethyl adjacent to an activating group) is 1. The second-order valence-corrected chi connectivity index (χ2v) is 7.33. The topological polar surface area (TPSA) is 44.8 Å². The van der Waals surface area contributed by atoms with Crippen LogP contribution in [0.15, 0.2) is 42.5 Å². The summed E-state index contributed by atoms with van der Waals surface area (Å²) in [7, 11) is 0. The van der Waals surface area contributed by atoms with E-state index in [0.29, 0.717) is 28.6 Å². The highest BCUT2D eigenvalue weighted by Crippen LogP contribution is 2.30. The molecule has 3 rings (SSSR count). The molecule has 1 heterocycles. The zero-order chi connectivity index (χ0) is 19.9. The fourth-order valence-corrected chi connectivity index (χ4v) is 3.60. The van der Waals surface area contributed by atoms with E-state index in [1.165, 1.54) is 0 Å². The number of piperazine rings is 1. The maximum atomic E-state index is 12.6. The van der Waals surface area contributed by atoms with E-state index in [2.05, 4.69) is 22.0 Å². The smallest absolute Gasteiger partial charge is 0.255 e. The molecule has 2 aromatic rings. The number of hydrogen-bond donors (Lipinski definition) is 1. The van der Waals surface area contributed by atoms with Crippen LogP contribution in [-0.4, -0.2) is 50.1 Å². The molecule has 1 amide bonds. The van der Waals surface area contributed by atoms with Crippen molar-refractivity contribution in [3.63, 3.8) is 0 Å². The summed E-state index contributed by atoms with van der Waals surface area (Å²) in [4.78, 5) is 17.3. The van der Waals surface area contributed by atoms with Crippen molar-refractivity contribution >= 4 is 28.9 Å². The number of anilines is 2. The first-order valence-electron chi connectivity index (χ1n) is 9.91. The lowest BCUT2D eigenvalue weighted by atomic mass is 10.2. The standard InChI is InChI=1S/C22H28ClN3O2/c1-3-14-28-19-7-5-6-17(15-19)22(27)24-18-8-9-21(20(23)16-18)26-12-10-25(4-2)11-13-26/h5-9,15-16H,3-4,10-14H2,1-2H3,(H,24,27). The Hall–Kier alpha value is -2.24. The number of rotatable bonds is 7. The van der Waals surface area contributed by atoms with Gasteiger partial charge in [-0.3, -0.25) is 4.79 Å². The van der Waals surface area contributed by atoms with Gasteiger partial charge in [-0.25, -0.2) is 0 Å². The Balaban J connectivity index is 1.65. The Bertz CT molecular complexity index is 804. The van der Waals surface area contributed by atoms with Crippen molar-refractivity contribution in [3.8, 4) is 5.75 Å². The third kappa shape index (κ3) is 5.18. The Labute approximate surface area is 172 Å². The van der Waals surface area contributed by atoms with Crippen molar-refractivity contribution < 1.29 is 9.53 Å². The SMILES string of the molecule is CCCOc1cccc(C(=O)Nc2ccc(N3CCN(CC)CC3)c(Cl)c2)c1. The van der Waals surface area contributed by atoms with Crippen LogP contribution >= 0.6 is 11.6 Å². The maximum Gasteiger partial charge on any atom is 0.255 e. The van der Waals surface area contributed by atoms with Gasteiger partial charge in [0, 0.05) is 37.4 Å². The molecule has 5 nitrogen and oxygen atoms in total. The van der Waals surface area contributed by atoms with Crippen molar-refractivity contribution in [2.75, 3.05) is 49.5 Å². The minimum Gasteiger partial charge on any atom is -0.494 e. The van der Waals surface area contributed by atoms with Crippen LogP contribution in [-0.2, 0) is 0 Å². The summed E-state index contributed by atoms with van der Waals surface area (Å²) in [6, 6.07) is 12.9. The quantitative estimate of drug-likeness (QED) is 0.740. The number of hydrogen-bond acceptors (Lipinski definition) is 4. The predicted molar refractivity (Wildman–Crippen MR) is 116 cm³/mol. The fraction of sp³-hybridized carbons (Fsp3) is 0.409. The molecule has 1 saturated heterocycles. The molecule has 6 heteroatoms. The molecule has 2 aromatic carbocycles. The second kappa shape index (κ2) is 9.80. The Morgan fingerprint density at radius 1 is 1.11 bits per heavy atom. The van der Waals surface area contributed by atoms with Crippen molar-refractivity contribution in [1.82, 2.24) is 4.90 Å². The Morgan fingerprint density at radius 2 is 1.89 bits per heavy atom.